The van der Waals surface area contributed by atoms with Crippen molar-refractivity contribution < 1.29 is 0 Å². The zero-order valence-electron chi connectivity index (χ0n) is 10.3. The van der Waals surface area contributed by atoms with E-state index in [0.717, 1.165) is 19.6 Å². The van der Waals surface area contributed by atoms with Gasteiger partial charge in [0.25, 0.3) is 0 Å². The second kappa shape index (κ2) is 5.91. The predicted octanol–water partition coefficient (Wildman–Crippen LogP) is 2.25. The third-order valence-electron chi connectivity index (χ3n) is 3.09. The van der Waals surface area contributed by atoms with Crippen molar-refractivity contribution in [3.05, 3.63) is 18.0 Å². The molecule has 15 heavy (non-hydrogen) atoms. The van der Waals surface area contributed by atoms with Gasteiger partial charge in [0.05, 0.1) is 0 Å². The zero-order valence-corrected chi connectivity index (χ0v) is 10.3. The molecule has 1 rings (SSSR count). The lowest BCUT2D eigenvalue weighted by Crippen LogP contribution is -2.25. The van der Waals surface area contributed by atoms with Gasteiger partial charge in [-0.1, -0.05) is 20.8 Å². The van der Waals surface area contributed by atoms with Crippen molar-refractivity contribution in [2.24, 2.45) is 5.92 Å². The van der Waals surface area contributed by atoms with Crippen molar-refractivity contribution in [2.45, 2.75) is 40.2 Å². The minimum atomic E-state index is 0.562. The molecule has 3 nitrogen and oxygen atoms in total. The first-order valence-corrected chi connectivity index (χ1v) is 5.93. The molecule has 1 aromatic rings. The molecular formula is C12H23N3. The summed E-state index contributed by atoms with van der Waals surface area (Å²) < 4.78 is 2.09. The van der Waals surface area contributed by atoms with Gasteiger partial charge >= 0.3 is 0 Å². The second-order valence-electron chi connectivity index (χ2n) is 4.15. The van der Waals surface area contributed by atoms with Gasteiger partial charge < -0.3 is 5.32 Å². The molecule has 1 N–H and O–H groups in total. The van der Waals surface area contributed by atoms with Gasteiger partial charge in [0.2, 0.25) is 0 Å². The maximum absolute atomic E-state index is 4.31. The second-order valence-corrected chi connectivity index (χ2v) is 4.15. The molecule has 0 saturated carbocycles. The molecule has 2 atom stereocenters. The van der Waals surface area contributed by atoms with Crippen LogP contribution in [0.1, 0.15) is 39.3 Å². The smallest absolute Gasteiger partial charge is 0.0492 e. The quantitative estimate of drug-likeness (QED) is 0.779. The monoisotopic (exact) mass is 209 g/mol. The van der Waals surface area contributed by atoms with E-state index in [-0.39, 0.29) is 0 Å². The van der Waals surface area contributed by atoms with Gasteiger partial charge in [-0.2, -0.15) is 5.10 Å². The molecular weight excluding hydrogens is 186 g/mol. The standard InChI is InChI=1S/C12H23N3/c1-5-13-9-10(3)11(4)12-7-8-14-15(12)6-2/h7-8,10-11,13H,5-6,9H2,1-4H3. The van der Waals surface area contributed by atoms with Crippen molar-refractivity contribution in [3.8, 4) is 0 Å². The van der Waals surface area contributed by atoms with Crippen LogP contribution in [0.4, 0.5) is 0 Å². The molecule has 2 unspecified atom stereocenters. The molecule has 0 aromatic carbocycles. The predicted molar refractivity (Wildman–Crippen MR) is 64.0 cm³/mol. The van der Waals surface area contributed by atoms with Crippen LogP contribution in [0.2, 0.25) is 0 Å². The largest absolute Gasteiger partial charge is 0.317 e. The first-order chi connectivity index (χ1) is 7.20. The lowest BCUT2D eigenvalue weighted by atomic mass is 9.92. The minimum Gasteiger partial charge on any atom is -0.317 e. The Bertz CT molecular complexity index is 280. The van der Waals surface area contributed by atoms with E-state index >= 15 is 0 Å². The zero-order chi connectivity index (χ0) is 11.3. The highest BCUT2D eigenvalue weighted by molar-refractivity contribution is 5.08. The number of aryl methyl sites for hydroxylation is 1. The fraction of sp³-hybridized carbons (Fsp3) is 0.750. The van der Waals surface area contributed by atoms with Crippen molar-refractivity contribution >= 4 is 0 Å². The van der Waals surface area contributed by atoms with Crippen LogP contribution in [0.5, 0.6) is 0 Å². The van der Waals surface area contributed by atoms with Crippen LogP contribution in [0.25, 0.3) is 0 Å². The molecule has 0 amide bonds. The Balaban J connectivity index is 2.62. The van der Waals surface area contributed by atoms with E-state index in [0.29, 0.717) is 11.8 Å². The molecule has 86 valence electrons. The number of aromatic nitrogens is 2. The fourth-order valence-corrected chi connectivity index (χ4v) is 1.83. The van der Waals surface area contributed by atoms with Crippen LogP contribution in [0.3, 0.4) is 0 Å². The molecule has 0 aliphatic heterocycles. The van der Waals surface area contributed by atoms with E-state index < -0.39 is 0 Å². The summed E-state index contributed by atoms with van der Waals surface area (Å²) in [6.07, 6.45) is 1.90. The third kappa shape index (κ3) is 3.06. The van der Waals surface area contributed by atoms with E-state index in [9.17, 15) is 0 Å². The van der Waals surface area contributed by atoms with Gasteiger partial charge in [-0.25, -0.2) is 0 Å². The van der Waals surface area contributed by atoms with E-state index in [2.05, 4.69) is 48.9 Å². The average Bonchev–Trinajstić information content (AvgIpc) is 2.72. The first kappa shape index (κ1) is 12.2. The van der Waals surface area contributed by atoms with Crippen LogP contribution in [-0.4, -0.2) is 22.9 Å². The normalized spacial score (nSPS) is 15.2. The van der Waals surface area contributed by atoms with Crippen LogP contribution in [0.15, 0.2) is 12.3 Å². The Morgan fingerprint density at radius 2 is 2.13 bits per heavy atom. The Morgan fingerprint density at radius 1 is 1.40 bits per heavy atom. The molecule has 1 heterocycles. The maximum atomic E-state index is 4.31. The van der Waals surface area contributed by atoms with E-state index in [1.807, 2.05) is 6.20 Å². The molecule has 0 aliphatic carbocycles. The van der Waals surface area contributed by atoms with Crippen LogP contribution < -0.4 is 5.32 Å². The lowest BCUT2D eigenvalue weighted by Gasteiger charge is -2.21. The van der Waals surface area contributed by atoms with E-state index in [1.54, 1.807) is 0 Å². The summed E-state index contributed by atoms with van der Waals surface area (Å²) in [6, 6.07) is 2.14. The fourth-order valence-electron chi connectivity index (χ4n) is 1.83. The highest BCUT2D eigenvalue weighted by Gasteiger charge is 2.17. The molecule has 0 radical (unpaired) electrons. The van der Waals surface area contributed by atoms with E-state index in [4.69, 9.17) is 0 Å². The number of hydrogen-bond donors (Lipinski definition) is 1. The highest BCUT2D eigenvalue weighted by atomic mass is 15.3. The molecule has 0 aliphatic rings. The number of rotatable bonds is 6. The summed E-state index contributed by atoms with van der Waals surface area (Å²) in [7, 11) is 0. The third-order valence-corrected chi connectivity index (χ3v) is 3.09. The molecule has 0 spiro atoms. The number of hydrogen-bond acceptors (Lipinski definition) is 2. The van der Waals surface area contributed by atoms with Crippen molar-refractivity contribution in [1.29, 1.82) is 0 Å². The molecule has 3 heteroatoms. The highest BCUT2D eigenvalue weighted by Crippen LogP contribution is 2.23. The summed E-state index contributed by atoms with van der Waals surface area (Å²) >= 11 is 0. The van der Waals surface area contributed by atoms with Crippen LogP contribution in [0, 0.1) is 5.92 Å². The van der Waals surface area contributed by atoms with Gasteiger partial charge in [0, 0.05) is 24.4 Å². The summed E-state index contributed by atoms with van der Waals surface area (Å²) in [6.45, 7) is 11.9. The maximum Gasteiger partial charge on any atom is 0.0492 e. The topological polar surface area (TPSA) is 29.9 Å². The summed E-state index contributed by atoms with van der Waals surface area (Å²) in [5.41, 5.74) is 1.35. The Labute approximate surface area is 92.9 Å². The van der Waals surface area contributed by atoms with Crippen molar-refractivity contribution in [1.82, 2.24) is 15.1 Å². The number of nitrogens with one attached hydrogen (secondary N) is 1. The van der Waals surface area contributed by atoms with Crippen molar-refractivity contribution in [3.63, 3.8) is 0 Å². The molecule has 0 fully saturated rings. The molecule has 0 saturated heterocycles. The van der Waals surface area contributed by atoms with Gasteiger partial charge in [-0.15, -0.1) is 0 Å². The Kier molecular flexibility index (Phi) is 4.82. The summed E-state index contributed by atoms with van der Waals surface area (Å²) in [4.78, 5) is 0. The summed E-state index contributed by atoms with van der Waals surface area (Å²) in [5.74, 6) is 1.21. The Hall–Kier alpha value is -0.830. The molecule has 0 bridgehead atoms. The minimum absolute atomic E-state index is 0.562. The lowest BCUT2D eigenvalue weighted by molar-refractivity contribution is 0.428. The van der Waals surface area contributed by atoms with Crippen molar-refractivity contribution in [2.75, 3.05) is 13.1 Å². The van der Waals surface area contributed by atoms with Crippen LogP contribution in [-0.2, 0) is 6.54 Å². The van der Waals surface area contributed by atoms with Gasteiger partial charge in [-0.3, -0.25) is 4.68 Å². The Morgan fingerprint density at radius 3 is 2.73 bits per heavy atom. The summed E-state index contributed by atoms with van der Waals surface area (Å²) in [5, 5.41) is 7.71. The number of nitrogens with zero attached hydrogens (tertiary/aromatic N) is 2. The van der Waals surface area contributed by atoms with E-state index in [1.165, 1.54) is 5.69 Å². The van der Waals surface area contributed by atoms with Gasteiger partial charge in [0.1, 0.15) is 0 Å². The van der Waals surface area contributed by atoms with Crippen LogP contribution >= 0.6 is 0 Å². The average molecular weight is 209 g/mol. The van der Waals surface area contributed by atoms with Gasteiger partial charge in [-0.05, 0) is 32.0 Å². The molecule has 1 aromatic heterocycles. The first-order valence-electron chi connectivity index (χ1n) is 5.93. The SMILES string of the molecule is CCNCC(C)C(C)c1ccnn1CC. The van der Waals surface area contributed by atoms with Gasteiger partial charge in [0.15, 0.2) is 0 Å².